The van der Waals surface area contributed by atoms with E-state index < -0.39 is 9.84 Å². The minimum Gasteiger partial charge on any atom is -0.457 e. The first-order chi connectivity index (χ1) is 18.6. The molecule has 0 fully saturated rings. The van der Waals surface area contributed by atoms with Gasteiger partial charge in [0.2, 0.25) is 11.8 Å². The lowest BCUT2D eigenvalue weighted by atomic mass is 10.2. The van der Waals surface area contributed by atoms with E-state index >= 15 is 0 Å². The van der Waals surface area contributed by atoms with Crippen LogP contribution in [0.15, 0.2) is 97.1 Å². The van der Waals surface area contributed by atoms with Crippen LogP contribution >= 0.6 is 0 Å². The van der Waals surface area contributed by atoms with Gasteiger partial charge >= 0.3 is 0 Å². The van der Waals surface area contributed by atoms with Crippen LogP contribution in [0, 0.1) is 0 Å². The normalized spacial score (nSPS) is 10.9. The number of ether oxygens (including phenoxy) is 2. The predicted molar refractivity (Wildman–Crippen MR) is 151 cm³/mol. The Morgan fingerprint density at radius 2 is 0.821 bits per heavy atom. The maximum absolute atomic E-state index is 12.8. The average Bonchev–Trinajstić information content (AvgIpc) is 2.88. The monoisotopic (exact) mass is 544 g/mol. The predicted octanol–water partition coefficient (Wildman–Crippen LogP) is 6.30. The van der Waals surface area contributed by atoms with Crippen molar-refractivity contribution in [3.8, 4) is 23.0 Å². The molecule has 9 heteroatoms. The number of sulfone groups is 1. The summed E-state index contributed by atoms with van der Waals surface area (Å²) >= 11 is 0. The fraction of sp³-hybridized carbons (Fsp3) is 0.133. The highest BCUT2D eigenvalue weighted by atomic mass is 32.2. The third-order valence-electron chi connectivity index (χ3n) is 5.44. The van der Waals surface area contributed by atoms with Gasteiger partial charge < -0.3 is 20.1 Å². The van der Waals surface area contributed by atoms with E-state index in [1.54, 1.807) is 97.1 Å². The second kappa shape index (κ2) is 12.3. The van der Waals surface area contributed by atoms with Crippen molar-refractivity contribution < 1.29 is 27.5 Å². The summed E-state index contributed by atoms with van der Waals surface area (Å²) in [6.45, 7) is 2.88. The Hall–Kier alpha value is -4.63. The average molecular weight is 545 g/mol. The van der Waals surface area contributed by atoms with Crippen LogP contribution in [-0.4, -0.2) is 20.2 Å². The molecule has 39 heavy (non-hydrogen) atoms. The molecular formula is C30H28N2O6S. The Morgan fingerprint density at radius 3 is 1.10 bits per heavy atom. The molecule has 0 saturated carbocycles. The van der Waals surface area contributed by atoms with Crippen molar-refractivity contribution in [3.05, 3.63) is 108 Å². The summed E-state index contributed by atoms with van der Waals surface area (Å²) in [5.41, 5.74) is 2.66. The molecule has 8 nitrogen and oxygen atoms in total. The van der Waals surface area contributed by atoms with Crippen molar-refractivity contribution in [1.29, 1.82) is 0 Å². The Morgan fingerprint density at radius 1 is 0.538 bits per heavy atom. The van der Waals surface area contributed by atoms with Gasteiger partial charge in [-0.2, -0.15) is 0 Å². The van der Waals surface area contributed by atoms with Gasteiger partial charge in [0, 0.05) is 25.2 Å². The standard InChI is InChI=1S/C30H28N2O6S/c1-21(33)31-25-7-15-29(16-8-25)37-27-11-3-23(4-12-27)19-39(35,36)20-24-5-13-28(14-6-24)38-30-17-9-26(10-18-30)32-22(2)34/h3-18H,19-20H2,1-2H3,(H,31,33)(H,32,34). The van der Waals surface area contributed by atoms with Crippen molar-refractivity contribution in [2.24, 2.45) is 0 Å². The molecule has 0 aliphatic carbocycles. The van der Waals surface area contributed by atoms with Crippen LogP contribution in [0.3, 0.4) is 0 Å². The highest BCUT2D eigenvalue weighted by molar-refractivity contribution is 7.89. The van der Waals surface area contributed by atoms with Crippen LogP contribution in [0.2, 0.25) is 0 Å². The highest BCUT2D eigenvalue weighted by Gasteiger charge is 2.14. The van der Waals surface area contributed by atoms with Crippen LogP contribution in [0.5, 0.6) is 23.0 Å². The zero-order valence-electron chi connectivity index (χ0n) is 21.5. The SMILES string of the molecule is CC(=O)Nc1ccc(Oc2ccc(CS(=O)(=O)Cc3ccc(Oc4ccc(NC(C)=O)cc4)cc3)cc2)cc1. The molecule has 0 bridgehead atoms. The summed E-state index contributed by atoms with van der Waals surface area (Å²) < 4.78 is 37.2. The lowest BCUT2D eigenvalue weighted by molar-refractivity contribution is -0.115. The highest BCUT2D eigenvalue weighted by Crippen LogP contribution is 2.26. The van der Waals surface area contributed by atoms with E-state index in [0.717, 1.165) is 0 Å². The fourth-order valence-corrected chi connectivity index (χ4v) is 5.26. The lowest BCUT2D eigenvalue weighted by Crippen LogP contribution is -2.07. The zero-order valence-corrected chi connectivity index (χ0v) is 22.3. The molecule has 0 spiro atoms. The van der Waals surface area contributed by atoms with Crippen LogP contribution in [0.4, 0.5) is 11.4 Å². The van der Waals surface area contributed by atoms with E-state index in [9.17, 15) is 18.0 Å². The molecule has 2 amide bonds. The van der Waals surface area contributed by atoms with Crippen LogP contribution in [0.25, 0.3) is 0 Å². The molecule has 0 aliphatic rings. The molecule has 0 atom stereocenters. The third-order valence-corrected chi connectivity index (χ3v) is 6.99. The van der Waals surface area contributed by atoms with Gasteiger partial charge in [-0.1, -0.05) is 24.3 Å². The number of rotatable bonds is 10. The summed E-state index contributed by atoms with van der Waals surface area (Å²) in [6, 6.07) is 27.7. The lowest BCUT2D eigenvalue weighted by Gasteiger charge is -2.10. The summed E-state index contributed by atoms with van der Waals surface area (Å²) in [7, 11) is -3.41. The van der Waals surface area contributed by atoms with Gasteiger partial charge in [-0.15, -0.1) is 0 Å². The molecule has 0 saturated heterocycles. The summed E-state index contributed by atoms with van der Waals surface area (Å²) in [5.74, 6) is 1.84. The smallest absolute Gasteiger partial charge is 0.221 e. The van der Waals surface area contributed by atoms with Crippen LogP contribution in [-0.2, 0) is 30.9 Å². The molecule has 0 heterocycles. The van der Waals surface area contributed by atoms with E-state index in [4.69, 9.17) is 9.47 Å². The van der Waals surface area contributed by atoms with Crippen molar-refractivity contribution in [2.45, 2.75) is 25.4 Å². The van der Waals surface area contributed by atoms with E-state index in [1.807, 2.05) is 0 Å². The van der Waals surface area contributed by atoms with Gasteiger partial charge in [-0.05, 0) is 83.9 Å². The number of nitrogens with one attached hydrogen (secondary N) is 2. The van der Waals surface area contributed by atoms with E-state index in [-0.39, 0.29) is 23.3 Å². The zero-order chi connectivity index (χ0) is 27.8. The molecule has 0 unspecified atom stereocenters. The Labute approximate surface area is 227 Å². The number of carbonyl (C=O) groups is 2. The first-order valence-electron chi connectivity index (χ1n) is 12.1. The summed E-state index contributed by atoms with van der Waals surface area (Å²) in [6.07, 6.45) is 0. The molecule has 4 rings (SSSR count). The molecular weight excluding hydrogens is 516 g/mol. The first kappa shape index (κ1) is 27.4. The van der Waals surface area contributed by atoms with Gasteiger partial charge in [0.25, 0.3) is 0 Å². The van der Waals surface area contributed by atoms with Gasteiger partial charge in [-0.25, -0.2) is 8.42 Å². The molecule has 4 aromatic carbocycles. The molecule has 4 aromatic rings. The molecule has 0 aromatic heterocycles. The minimum atomic E-state index is -3.41. The van der Waals surface area contributed by atoms with E-state index in [2.05, 4.69) is 10.6 Å². The number of anilines is 2. The molecule has 0 aliphatic heterocycles. The second-order valence-corrected chi connectivity index (χ2v) is 11.0. The Kier molecular flexibility index (Phi) is 8.63. The third kappa shape index (κ3) is 8.72. The fourth-order valence-electron chi connectivity index (χ4n) is 3.76. The molecule has 0 radical (unpaired) electrons. The van der Waals surface area contributed by atoms with E-state index in [1.165, 1.54) is 13.8 Å². The number of amides is 2. The summed E-state index contributed by atoms with van der Waals surface area (Å²) in [5, 5.41) is 5.39. The van der Waals surface area contributed by atoms with Gasteiger partial charge in [0.1, 0.15) is 23.0 Å². The summed E-state index contributed by atoms with van der Waals surface area (Å²) in [4.78, 5) is 22.3. The van der Waals surface area contributed by atoms with Gasteiger partial charge in [-0.3, -0.25) is 9.59 Å². The number of hydrogen-bond donors (Lipinski definition) is 2. The van der Waals surface area contributed by atoms with Gasteiger partial charge in [0.15, 0.2) is 9.84 Å². The molecule has 2 N–H and O–H groups in total. The number of carbonyl (C=O) groups excluding carboxylic acids is 2. The first-order valence-corrected chi connectivity index (χ1v) is 13.9. The largest absolute Gasteiger partial charge is 0.457 e. The number of benzene rings is 4. The quantitative estimate of drug-likeness (QED) is 0.242. The number of hydrogen-bond acceptors (Lipinski definition) is 6. The van der Waals surface area contributed by atoms with Crippen molar-refractivity contribution in [1.82, 2.24) is 0 Å². The van der Waals surface area contributed by atoms with Crippen molar-refractivity contribution >= 4 is 33.0 Å². The molecule has 200 valence electrons. The van der Waals surface area contributed by atoms with Crippen LogP contribution < -0.4 is 20.1 Å². The minimum absolute atomic E-state index is 0.0996. The maximum Gasteiger partial charge on any atom is 0.221 e. The second-order valence-electron chi connectivity index (χ2n) is 8.94. The van der Waals surface area contributed by atoms with Crippen molar-refractivity contribution in [2.75, 3.05) is 10.6 Å². The van der Waals surface area contributed by atoms with Crippen molar-refractivity contribution in [3.63, 3.8) is 0 Å². The van der Waals surface area contributed by atoms with Crippen LogP contribution in [0.1, 0.15) is 25.0 Å². The Bertz CT molecular complexity index is 1420. The van der Waals surface area contributed by atoms with E-state index in [0.29, 0.717) is 45.5 Å². The Balaban J connectivity index is 1.30. The maximum atomic E-state index is 12.8. The van der Waals surface area contributed by atoms with Gasteiger partial charge in [0.05, 0.1) is 11.5 Å². The topological polar surface area (TPSA) is 111 Å².